The van der Waals surface area contributed by atoms with Crippen LogP contribution in [0.25, 0.3) is 0 Å². The van der Waals surface area contributed by atoms with Crippen LogP contribution in [0.3, 0.4) is 0 Å². The first kappa shape index (κ1) is 18.4. The van der Waals surface area contributed by atoms with Gasteiger partial charge < -0.3 is 15.2 Å². The summed E-state index contributed by atoms with van der Waals surface area (Å²) in [6, 6.07) is 2.66. The molecule has 2 N–H and O–H groups in total. The number of hydrogen-bond acceptors (Lipinski definition) is 5. The summed E-state index contributed by atoms with van der Waals surface area (Å²) in [6.07, 6.45) is 3.41. The van der Waals surface area contributed by atoms with E-state index in [1.54, 1.807) is 23.3 Å². The van der Waals surface area contributed by atoms with Gasteiger partial charge in [0, 0.05) is 24.8 Å². The second-order valence-electron chi connectivity index (χ2n) is 7.18. The van der Waals surface area contributed by atoms with Crippen LogP contribution in [-0.4, -0.2) is 58.0 Å². The van der Waals surface area contributed by atoms with Gasteiger partial charge in [-0.05, 0) is 48.2 Å². The van der Waals surface area contributed by atoms with E-state index in [0.29, 0.717) is 24.3 Å². The van der Waals surface area contributed by atoms with E-state index in [4.69, 9.17) is 0 Å². The van der Waals surface area contributed by atoms with Crippen LogP contribution in [0.5, 0.6) is 0 Å². The number of imide groups is 1. The van der Waals surface area contributed by atoms with Crippen LogP contribution in [0, 0.1) is 0 Å². The molecular weight excluding hydrogens is 380 g/mol. The summed E-state index contributed by atoms with van der Waals surface area (Å²) in [5, 5.41) is 6.30. The van der Waals surface area contributed by atoms with Crippen molar-refractivity contribution in [1.29, 1.82) is 0 Å². The fraction of sp³-hybridized carbons (Fsp3) is 0.368. The Balaban J connectivity index is 1.47. The molecule has 0 spiro atoms. The molecule has 4 rings (SSSR count). The predicted molar refractivity (Wildman–Crippen MR) is 102 cm³/mol. The van der Waals surface area contributed by atoms with Crippen LogP contribution < -0.4 is 5.32 Å². The molecule has 2 aromatic heterocycles. The molecule has 1 unspecified atom stereocenters. The van der Waals surface area contributed by atoms with Gasteiger partial charge in [0.05, 0.1) is 6.54 Å². The second-order valence-corrected chi connectivity index (χ2v) is 7.96. The number of carbonyl (C=O) groups is 4. The Bertz CT molecular complexity index is 945. The van der Waals surface area contributed by atoms with E-state index < -0.39 is 23.3 Å². The molecule has 4 amide bonds. The van der Waals surface area contributed by atoms with Crippen LogP contribution in [0.15, 0.2) is 29.1 Å². The molecule has 0 aromatic carbocycles. The largest absolute Gasteiger partial charge is 0.356 e. The normalized spacial score (nSPS) is 22.0. The van der Waals surface area contributed by atoms with Crippen molar-refractivity contribution in [3.05, 3.63) is 45.9 Å². The van der Waals surface area contributed by atoms with Gasteiger partial charge >= 0.3 is 6.03 Å². The van der Waals surface area contributed by atoms with E-state index >= 15 is 0 Å². The third-order valence-corrected chi connectivity index (χ3v) is 5.99. The minimum absolute atomic E-state index is 0.142. The Kier molecular flexibility index (Phi) is 4.54. The number of H-pyrrole nitrogens is 1. The van der Waals surface area contributed by atoms with E-state index in [2.05, 4.69) is 10.3 Å². The Labute approximate surface area is 165 Å². The lowest BCUT2D eigenvalue weighted by Gasteiger charge is -2.20. The fourth-order valence-corrected chi connectivity index (χ4v) is 4.35. The molecule has 2 aromatic rings. The lowest BCUT2D eigenvalue weighted by molar-refractivity contribution is -0.130. The average molecular weight is 400 g/mol. The Morgan fingerprint density at radius 1 is 1.25 bits per heavy atom. The highest BCUT2D eigenvalue weighted by molar-refractivity contribution is 7.08. The van der Waals surface area contributed by atoms with Crippen molar-refractivity contribution >= 4 is 35.0 Å². The van der Waals surface area contributed by atoms with Gasteiger partial charge in [-0.2, -0.15) is 11.3 Å². The lowest BCUT2D eigenvalue weighted by Crippen LogP contribution is -2.41. The van der Waals surface area contributed by atoms with E-state index in [-0.39, 0.29) is 18.0 Å². The maximum Gasteiger partial charge on any atom is 0.325 e. The summed E-state index contributed by atoms with van der Waals surface area (Å²) in [6.45, 7) is 2.68. The molecule has 4 heterocycles. The van der Waals surface area contributed by atoms with E-state index in [0.717, 1.165) is 17.7 Å². The van der Waals surface area contributed by atoms with Gasteiger partial charge in [-0.25, -0.2) is 4.79 Å². The molecule has 2 saturated heterocycles. The highest BCUT2D eigenvalue weighted by atomic mass is 32.1. The molecule has 2 fully saturated rings. The molecule has 8 nitrogen and oxygen atoms in total. The van der Waals surface area contributed by atoms with E-state index in [1.807, 2.05) is 5.38 Å². The number of amides is 4. The minimum atomic E-state index is -1.17. The van der Waals surface area contributed by atoms with Crippen LogP contribution in [0.1, 0.15) is 46.2 Å². The summed E-state index contributed by atoms with van der Waals surface area (Å²) >= 11 is 1.43. The van der Waals surface area contributed by atoms with Crippen LogP contribution in [0.2, 0.25) is 0 Å². The number of rotatable bonds is 5. The SMILES string of the molecule is CC1(c2ccsc2)NC(=O)N(CC(=O)c2c[nH]c(C(=O)N3CCCC3)c2)C1=O. The van der Waals surface area contributed by atoms with Crippen molar-refractivity contribution in [2.75, 3.05) is 19.6 Å². The second kappa shape index (κ2) is 6.90. The zero-order valence-corrected chi connectivity index (χ0v) is 16.2. The third kappa shape index (κ3) is 3.01. The van der Waals surface area contributed by atoms with Gasteiger partial charge in [-0.3, -0.25) is 19.3 Å². The lowest BCUT2D eigenvalue weighted by atomic mass is 9.95. The number of ketones is 1. The first-order valence-electron chi connectivity index (χ1n) is 9.08. The smallest absolute Gasteiger partial charge is 0.325 e. The Morgan fingerprint density at radius 3 is 2.68 bits per heavy atom. The Morgan fingerprint density at radius 2 is 2.00 bits per heavy atom. The summed E-state index contributed by atoms with van der Waals surface area (Å²) in [4.78, 5) is 55.7. The van der Waals surface area contributed by atoms with Gasteiger partial charge in [0.2, 0.25) is 0 Å². The Hall–Kier alpha value is -2.94. The summed E-state index contributed by atoms with van der Waals surface area (Å²) in [5.41, 5.74) is 0.121. The standard InChI is InChI=1S/C19H20N4O4S/c1-19(13-4-7-28-11-13)17(26)23(18(27)21-19)10-15(24)12-8-14(20-9-12)16(25)22-5-2-3-6-22/h4,7-9,11,20H,2-3,5-6,10H2,1H3,(H,21,27). The molecule has 28 heavy (non-hydrogen) atoms. The van der Waals surface area contributed by atoms with Gasteiger partial charge in [0.25, 0.3) is 11.8 Å². The summed E-state index contributed by atoms with van der Waals surface area (Å²) in [7, 11) is 0. The van der Waals surface area contributed by atoms with Crippen molar-refractivity contribution in [3.8, 4) is 0 Å². The van der Waals surface area contributed by atoms with Gasteiger partial charge in [0.1, 0.15) is 11.2 Å². The zero-order valence-electron chi connectivity index (χ0n) is 15.4. The maximum atomic E-state index is 12.8. The van der Waals surface area contributed by atoms with E-state index in [9.17, 15) is 19.2 Å². The van der Waals surface area contributed by atoms with Gasteiger partial charge in [-0.1, -0.05) is 0 Å². The van der Waals surface area contributed by atoms with Crippen molar-refractivity contribution in [2.24, 2.45) is 0 Å². The number of urea groups is 1. The molecule has 146 valence electrons. The van der Waals surface area contributed by atoms with Crippen LogP contribution in [0.4, 0.5) is 4.79 Å². The zero-order chi connectivity index (χ0) is 19.9. The summed E-state index contributed by atoms with van der Waals surface area (Å²) in [5.74, 6) is -1.01. The number of Topliss-reactive ketones (excluding diaryl/α,β-unsaturated/α-hetero) is 1. The number of nitrogens with zero attached hydrogens (tertiary/aromatic N) is 2. The van der Waals surface area contributed by atoms with Crippen molar-refractivity contribution < 1.29 is 19.2 Å². The number of thiophene rings is 1. The quantitative estimate of drug-likeness (QED) is 0.592. The van der Waals surface area contributed by atoms with Crippen molar-refractivity contribution in [1.82, 2.24) is 20.1 Å². The molecule has 0 saturated carbocycles. The van der Waals surface area contributed by atoms with Crippen LogP contribution in [-0.2, 0) is 10.3 Å². The third-order valence-electron chi connectivity index (χ3n) is 5.30. The molecule has 2 aliphatic rings. The predicted octanol–water partition coefficient (Wildman–Crippen LogP) is 1.96. The molecular formula is C19H20N4O4S. The first-order chi connectivity index (χ1) is 13.4. The molecule has 9 heteroatoms. The summed E-state index contributed by atoms with van der Waals surface area (Å²) < 4.78 is 0. The molecule has 0 aliphatic carbocycles. The minimum Gasteiger partial charge on any atom is -0.356 e. The van der Waals surface area contributed by atoms with E-state index in [1.165, 1.54) is 23.6 Å². The number of aromatic nitrogens is 1. The first-order valence-corrected chi connectivity index (χ1v) is 10.0. The number of aromatic amines is 1. The van der Waals surface area contributed by atoms with Crippen molar-refractivity contribution in [3.63, 3.8) is 0 Å². The number of likely N-dealkylation sites (tertiary alicyclic amines) is 1. The van der Waals surface area contributed by atoms with Gasteiger partial charge in [-0.15, -0.1) is 0 Å². The molecule has 0 radical (unpaired) electrons. The monoisotopic (exact) mass is 400 g/mol. The highest BCUT2D eigenvalue weighted by Gasteiger charge is 2.49. The molecule has 1 atom stereocenters. The number of carbonyl (C=O) groups excluding carboxylic acids is 4. The number of nitrogens with one attached hydrogen (secondary N) is 2. The van der Waals surface area contributed by atoms with Crippen LogP contribution >= 0.6 is 11.3 Å². The average Bonchev–Trinajstić information content (AvgIpc) is 3.46. The highest BCUT2D eigenvalue weighted by Crippen LogP contribution is 2.30. The molecule has 2 aliphatic heterocycles. The molecule has 0 bridgehead atoms. The topological polar surface area (TPSA) is 103 Å². The van der Waals surface area contributed by atoms with Gasteiger partial charge in [0.15, 0.2) is 5.78 Å². The maximum absolute atomic E-state index is 12.8. The van der Waals surface area contributed by atoms with Crippen molar-refractivity contribution in [2.45, 2.75) is 25.3 Å². The number of hydrogen-bond donors (Lipinski definition) is 2. The fourth-order valence-electron chi connectivity index (χ4n) is 3.59.